The summed E-state index contributed by atoms with van der Waals surface area (Å²) in [7, 11) is 0. The van der Waals surface area contributed by atoms with Crippen molar-refractivity contribution in [1.29, 1.82) is 5.26 Å². The Morgan fingerprint density at radius 1 is 1.41 bits per heavy atom. The first-order valence-corrected chi connectivity index (χ1v) is 5.22. The molecule has 0 saturated carbocycles. The molecule has 0 fully saturated rings. The molecule has 17 heavy (non-hydrogen) atoms. The van der Waals surface area contributed by atoms with Crippen molar-refractivity contribution in [1.82, 2.24) is 4.57 Å². The molecule has 6 heteroatoms. The number of aryl methyl sites for hydroxylation is 1. The van der Waals surface area contributed by atoms with Gasteiger partial charge in [0.1, 0.15) is 0 Å². The SMILES string of the molecule is N#CCCCCn1ccc(C(O)C(F)(F)F)c1. The van der Waals surface area contributed by atoms with E-state index in [-0.39, 0.29) is 5.56 Å². The number of nitrogens with zero attached hydrogens (tertiary/aromatic N) is 2. The lowest BCUT2D eigenvalue weighted by Crippen LogP contribution is -2.19. The number of unbranched alkanes of at least 4 members (excludes halogenated alkanes) is 2. The molecule has 0 amide bonds. The Balaban J connectivity index is 2.51. The second-order valence-corrected chi connectivity index (χ2v) is 3.74. The van der Waals surface area contributed by atoms with Crippen molar-refractivity contribution < 1.29 is 18.3 Å². The predicted molar refractivity (Wildman–Crippen MR) is 54.9 cm³/mol. The molecule has 94 valence electrons. The fraction of sp³-hybridized carbons (Fsp3) is 0.545. The molecule has 0 bridgehead atoms. The van der Waals surface area contributed by atoms with E-state index in [0.717, 1.165) is 6.42 Å². The molecule has 0 saturated heterocycles. The fourth-order valence-electron chi connectivity index (χ4n) is 1.45. The van der Waals surface area contributed by atoms with E-state index in [4.69, 9.17) is 10.4 Å². The van der Waals surface area contributed by atoms with Gasteiger partial charge in [0.25, 0.3) is 0 Å². The molecule has 1 aromatic rings. The summed E-state index contributed by atoms with van der Waals surface area (Å²) in [6, 6.07) is 3.25. The standard InChI is InChI=1S/C11H13F3N2O/c12-11(13,14)10(17)9-4-7-16(8-9)6-3-1-2-5-15/h4,7-8,10,17H,1-3,6H2. The Hall–Kier alpha value is -1.48. The highest BCUT2D eigenvalue weighted by Crippen LogP contribution is 2.32. The van der Waals surface area contributed by atoms with Crippen LogP contribution in [0.2, 0.25) is 0 Å². The minimum atomic E-state index is -4.63. The zero-order valence-corrected chi connectivity index (χ0v) is 9.11. The molecule has 0 radical (unpaired) electrons. The van der Waals surface area contributed by atoms with E-state index in [1.807, 2.05) is 6.07 Å². The molecule has 0 aliphatic carbocycles. The van der Waals surface area contributed by atoms with Crippen LogP contribution in [0.15, 0.2) is 18.5 Å². The maximum absolute atomic E-state index is 12.2. The number of rotatable bonds is 5. The molecule has 0 spiro atoms. The van der Waals surface area contributed by atoms with Crippen molar-refractivity contribution >= 4 is 0 Å². The van der Waals surface area contributed by atoms with Crippen LogP contribution < -0.4 is 0 Å². The molecule has 1 aromatic heterocycles. The molecule has 1 atom stereocenters. The predicted octanol–water partition coefficient (Wildman–Crippen LogP) is 2.78. The largest absolute Gasteiger partial charge is 0.418 e. The summed E-state index contributed by atoms with van der Waals surface area (Å²) < 4.78 is 38.2. The van der Waals surface area contributed by atoms with E-state index in [1.54, 1.807) is 4.57 Å². The number of hydrogen-bond acceptors (Lipinski definition) is 2. The van der Waals surface area contributed by atoms with Crippen LogP contribution in [-0.4, -0.2) is 15.8 Å². The van der Waals surface area contributed by atoms with Gasteiger partial charge in [-0.15, -0.1) is 0 Å². The van der Waals surface area contributed by atoms with E-state index in [0.29, 0.717) is 19.4 Å². The Bertz CT molecular complexity index is 392. The average molecular weight is 246 g/mol. The summed E-state index contributed by atoms with van der Waals surface area (Å²) in [5, 5.41) is 17.3. The lowest BCUT2D eigenvalue weighted by molar-refractivity contribution is -0.206. The molecule has 0 aliphatic heterocycles. The zero-order chi connectivity index (χ0) is 12.9. The van der Waals surface area contributed by atoms with Crippen LogP contribution in [0.3, 0.4) is 0 Å². The van der Waals surface area contributed by atoms with Crippen molar-refractivity contribution in [2.45, 2.75) is 38.1 Å². The Morgan fingerprint density at radius 2 is 2.12 bits per heavy atom. The van der Waals surface area contributed by atoms with Crippen LogP contribution in [0.1, 0.15) is 30.9 Å². The summed E-state index contributed by atoms with van der Waals surface area (Å²) in [5.74, 6) is 0. The summed E-state index contributed by atoms with van der Waals surface area (Å²) in [4.78, 5) is 0. The lowest BCUT2D eigenvalue weighted by atomic mass is 10.2. The van der Waals surface area contributed by atoms with Gasteiger partial charge < -0.3 is 9.67 Å². The number of halogens is 3. The number of hydrogen-bond donors (Lipinski definition) is 1. The molecule has 0 aliphatic rings. The van der Waals surface area contributed by atoms with E-state index in [2.05, 4.69) is 0 Å². The average Bonchev–Trinajstić information content (AvgIpc) is 2.70. The van der Waals surface area contributed by atoms with Gasteiger partial charge in [-0.05, 0) is 18.9 Å². The van der Waals surface area contributed by atoms with E-state index in [1.165, 1.54) is 18.5 Å². The molecule has 0 aromatic carbocycles. The first-order chi connectivity index (χ1) is 7.95. The van der Waals surface area contributed by atoms with Crippen molar-refractivity contribution in [3.8, 4) is 6.07 Å². The second-order valence-electron chi connectivity index (χ2n) is 3.74. The summed E-state index contributed by atoms with van der Waals surface area (Å²) in [6.07, 6.45) is -2.40. The highest BCUT2D eigenvalue weighted by molar-refractivity contribution is 5.15. The van der Waals surface area contributed by atoms with E-state index >= 15 is 0 Å². The second kappa shape index (κ2) is 5.73. The fourth-order valence-corrected chi connectivity index (χ4v) is 1.45. The van der Waals surface area contributed by atoms with Crippen molar-refractivity contribution in [2.75, 3.05) is 0 Å². The maximum atomic E-state index is 12.2. The maximum Gasteiger partial charge on any atom is 0.418 e. The highest BCUT2D eigenvalue weighted by Gasteiger charge is 2.39. The lowest BCUT2D eigenvalue weighted by Gasteiger charge is -2.12. The van der Waals surface area contributed by atoms with Crippen molar-refractivity contribution in [3.63, 3.8) is 0 Å². The molecule has 1 heterocycles. The number of aliphatic hydroxyl groups excluding tert-OH is 1. The number of nitriles is 1. The summed E-state index contributed by atoms with van der Waals surface area (Å²) in [5.41, 5.74) is -0.155. The molecule has 3 nitrogen and oxygen atoms in total. The Labute approximate surface area is 97.1 Å². The van der Waals surface area contributed by atoms with Gasteiger partial charge in [0.2, 0.25) is 0 Å². The van der Waals surface area contributed by atoms with Crippen LogP contribution in [-0.2, 0) is 6.54 Å². The zero-order valence-electron chi connectivity index (χ0n) is 9.11. The third-order valence-electron chi connectivity index (χ3n) is 2.35. The van der Waals surface area contributed by atoms with Gasteiger partial charge in [-0.1, -0.05) is 0 Å². The van der Waals surface area contributed by atoms with E-state index < -0.39 is 12.3 Å². The molecule has 1 rings (SSSR count). The topological polar surface area (TPSA) is 49.0 Å². The van der Waals surface area contributed by atoms with Crippen LogP contribution in [0, 0.1) is 11.3 Å². The molecular formula is C11H13F3N2O. The Kier molecular flexibility index (Phi) is 4.58. The third-order valence-corrected chi connectivity index (χ3v) is 2.35. The van der Waals surface area contributed by atoms with Gasteiger partial charge in [0, 0.05) is 30.9 Å². The molecule has 1 unspecified atom stereocenters. The summed E-state index contributed by atoms with van der Waals surface area (Å²) in [6.45, 7) is 0.548. The smallest absolute Gasteiger partial charge is 0.379 e. The highest BCUT2D eigenvalue weighted by atomic mass is 19.4. The minimum absolute atomic E-state index is 0.155. The number of aliphatic hydroxyl groups is 1. The number of alkyl halides is 3. The summed E-state index contributed by atoms with van der Waals surface area (Å²) >= 11 is 0. The Morgan fingerprint density at radius 3 is 2.71 bits per heavy atom. The quantitative estimate of drug-likeness (QED) is 0.812. The van der Waals surface area contributed by atoms with E-state index in [9.17, 15) is 13.2 Å². The monoisotopic (exact) mass is 246 g/mol. The normalized spacial score (nSPS) is 13.4. The minimum Gasteiger partial charge on any atom is -0.379 e. The van der Waals surface area contributed by atoms with Crippen molar-refractivity contribution in [2.24, 2.45) is 0 Å². The first-order valence-electron chi connectivity index (χ1n) is 5.22. The van der Waals surface area contributed by atoms with Crippen LogP contribution in [0.25, 0.3) is 0 Å². The van der Waals surface area contributed by atoms with Gasteiger partial charge in [-0.3, -0.25) is 0 Å². The molecular weight excluding hydrogens is 233 g/mol. The third kappa shape index (κ3) is 4.11. The van der Waals surface area contributed by atoms with Gasteiger partial charge in [-0.2, -0.15) is 18.4 Å². The van der Waals surface area contributed by atoms with Crippen molar-refractivity contribution in [3.05, 3.63) is 24.0 Å². The van der Waals surface area contributed by atoms with Gasteiger partial charge in [0.05, 0.1) is 6.07 Å². The van der Waals surface area contributed by atoms with Crippen LogP contribution >= 0.6 is 0 Å². The van der Waals surface area contributed by atoms with Gasteiger partial charge in [0.15, 0.2) is 6.10 Å². The van der Waals surface area contributed by atoms with Gasteiger partial charge in [-0.25, -0.2) is 0 Å². The molecule has 1 N–H and O–H groups in total. The van der Waals surface area contributed by atoms with Crippen LogP contribution in [0.4, 0.5) is 13.2 Å². The first kappa shape index (κ1) is 13.6. The van der Waals surface area contributed by atoms with Crippen LogP contribution in [0.5, 0.6) is 0 Å². The number of aromatic nitrogens is 1. The van der Waals surface area contributed by atoms with Gasteiger partial charge >= 0.3 is 6.18 Å².